The van der Waals surface area contributed by atoms with Gasteiger partial charge in [-0.15, -0.1) is 0 Å². The van der Waals surface area contributed by atoms with Crippen molar-refractivity contribution in [2.45, 2.75) is 24.8 Å². The van der Waals surface area contributed by atoms with Crippen LogP contribution in [0.3, 0.4) is 0 Å². The van der Waals surface area contributed by atoms with E-state index in [-0.39, 0.29) is 0 Å². The Balaban J connectivity index is 1.83. The van der Waals surface area contributed by atoms with Crippen LogP contribution >= 0.6 is 35.6 Å². The van der Waals surface area contributed by atoms with Gasteiger partial charge in [0.15, 0.2) is 10.5 Å². The third kappa shape index (κ3) is 4.86. The number of ether oxygens (including phenoxy) is 1. The van der Waals surface area contributed by atoms with E-state index in [0.717, 1.165) is 5.56 Å². The molecule has 1 aliphatic heterocycles. The second-order valence-corrected chi connectivity index (χ2v) is 9.68. The van der Waals surface area contributed by atoms with Crippen molar-refractivity contribution in [3.8, 4) is 5.75 Å². The van der Waals surface area contributed by atoms with Gasteiger partial charge >= 0.3 is 6.03 Å². The Morgan fingerprint density at radius 2 is 2.00 bits per heavy atom. The largest absolute Gasteiger partial charge is 0.496 e. The minimum atomic E-state index is -0.826. The van der Waals surface area contributed by atoms with Gasteiger partial charge in [-0.3, -0.25) is 5.21 Å². The third-order valence-corrected chi connectivity index (χ3v) is 6.17. The molecule has 3 rings (SSSR count). The lowest BCUT2D eigenvalue weighted by molar-refractivity contribution is -0.114. The molecule has 0 bridgehead atoms. The second kappa shape index (κ2) is 9.22. The van der Waals surface area contributed by atoms with Crippen molar-refractivity contribution in [3.05, 3.63) is 59.1 Å². The number of urea groups is 1. The number of anilines is 1. The molecule has 1 heterocycles. The van der Waals surface area contributed by atoms with Crippen LogP contribution in [0.15, 0.2) is 53.6 Å². The maximum Gasteiger partial charge on any atom is 0.347 e. The second-order valence-electron chi connectivity index (χ2n) is 6.96. The molecule has 1 saturated heterocycles. The van der Waals surface area contributed by atoms with Gasteiger partial charge in [-0.25, -0.2) is 9.80 Å². The number of hydroxylamine groups is 2. The van der Waals surface area contributed by atoms with Crippen molar-refractivity contribution in [2.24, 2.45) is 5.10 Å². The number of carbonyl (C=O) groups excluding carboxylic acids is 1. The normalized spacial score (nSPS) is 18.0. The molecule has 10 heteroatoms. The van der Waals surface area contributed by atoms with E-state index in [1.807, 2.05) is 38.1 Å². The van der Waals surface area contributed by atoms with E-state index in [0.29, 0.717) is 25.8 Å². The molecule has 0 aliphatic carbocycles. The van der Waals surface area contributed by atoms with Gasteiger partial charge in [0.2, 0.25) is 0 Å². The molecule has 0 unspecified atom stereocenters. The summed E-state index contributed by atoms with van der Waals surface area (Å²) < 4.78 is 5.16. The fourth-order valence-corrected chi connectivity index (χ4v) is 4.86. The molecule has 1 atom stereocenters. The molecule has 0 radical (unpaired) electrons. The Morgan fingerprint density at radius 1 is 1.33 bits per heavy atom. The number of rotatable bonds is 5. The molecule has 0 aromatic heterocycles. The molecule has 1 aliphatic rings. The van der Waals surface area contributed by atoms with Crippen LogP contribution in [-0.2, 0) is 0 Å². The minimum absolute atomic E-state index is 0.439. The van der Waals surface area contributed by atoms with E-state index in [9.17, 15) is 10.0 Å². The zero-order valence-corrected chi connectivity index (χ0v) is 19.0. The Hall–Kier alpha value is -2.33. The van der Waals surface area contributed by atoms with Gasteiger partial charge in [-0.05, 0) is 50.2 Å². The van der Waals surface area contributed by atoms with Crippen molar-refractivity contribution in [3.63, 3.8) is 0 Å². The smallest absolute Gasteiger partial charge is 0.347 e. The average Bonchev–Trinajstić information content (AvgIpc) is 2.95. The van der Waals surface area contributed by atoms with Crippen molar-refractivity contribution < 1.29 is 14.7 Å². The summed E-state index contributed by atoms with van der Waals surface area (Å²) in [5.74, 6) is 0.649. The molecule has 0 spiro atoms. The molecule has 1 fully saturated rings. The summed E-state index contributed by atoms with van der Waals surface area (Å²) in [7, 11) is 1.57. The van der Waals surface area contributed by atoms with Crippen LogP contribution in [0.25, 0.3) is 0 Å². The van der Waals surface area contributed by atoms with Gasteiger partial charge in [0, 0.05) is 16.3 Å². The fourth-order valence-electron chi connectivity index (χ4n) is 2.95. The minimum Gasteiger partial charge on any atom is -0.496 e. The van der Waals surface area contributed by atoms with Crippen molar-refractivity contribution in [2.75, 3.05) is 12.4 Å². The third-order valence-electron chi connectivity index (χ3n) is 4.39. The highest BCUT2D eigenvalue weighted by Crippen LogP contribution is 2.42. The maximum atomic E-state index is 12.7. The number of benzene rings is 2. The lowest BCUT2D eigenvalue weighted by atomic mass is 10.1. The summed E-state index contributed by atoms with van der Waals surface area (Å²) in [5.41, 5.74) is 1.24. The summed E-state index contributed by atoms with van der Waals surface area (Å²) in [6, 6.07) is 13.3. The predicted molar refractivity (Wildman–Crippen MR) is 125 cm³/mol. The van der Waals surface area contributed by atoms with Crippen LogP contribution in [-0.4, -0.2) is 49.9 Å². The van der Waals surface area contributed by atoms with Crippen LogP contribution in [0.5, 0.6) is 5.75 Å². The predicted octanol–water partition coefficient (Wildman–Crippen LogP) is 5.04. The van der Waals surface area contributed by atoms with Gasteiger partial charge < -0.3 is 10.1 Å². The highest BCUT2D eigenvalue weighted by molar-refractivity contribution is 8.24. The number of para-hydroxylation sites is 1. The average molecular weight is 465 g/mol. The molecule has 30 heavy (non-hydrogen) atoms. The summed E-state index contributed by atoms with van der Waals surface area (Å²) in [4.78, 5) is 12.7. The van der Waals surface area contributed by atoms with Crippen LogP contribution in [0.4, 0.5) is 10.5 Å². The van der Waals surface area contributed by atoms with Gasteiger partial charge in [-0.1, -0.05) is 47.7 Å². The maximum absolute atomic E-state index is 12.7. The first-order valence-electron chi connectivity index (χ1n) is 8.97. The first-order chi connectivity index (χ1) is 14.2. The summed E-state index contributed by atoms with van der Waals surface area (Å²) in [6.07, 6.45) is 0.763. The lowest BCUT2D eigenvalue weighted by Crippen LogP contribution is -2.54. The van der Waals surface area contributed by atoms with Gasteiger partial charge in [0.25, 0.3) is 0 Å². The number of nitrogens with zero attached hydrogens (tertiary/aromatic N) is 3. The standard InChI is InChI=1S/C20H21ClN4O3S2/c1-20(2)17(25(27)18(26)23-15-10-8-14(21)9-11-15)24(19(29)30-20)22-12-13-6-4-5-7-16(13)28-3/h4-12,17,27H,1-3H3,(H,23,26)/b22-12-/t17-/m1/s1. The van der Waals surface area contributed by atoms with Crippen molar-refractivity contribution >= 4 is 57.8 Å². The number of amides is 2. The highest BCUT2D eigenvalue weighted by Gasteiger charge is 2.50. The molecule has 2 aromatic carbocycles. The van der Waals surface area contributed by atoms with E-state index in [2.05, 4.69) is 10.4 Å². The van der Waals surface area contributed by atoms with Crippen LogP contribution in [0.2, 0.25) is 5.02 Å². The number of hydrogen-bond donors (Lipinski definition) is 2. The van der Waals surface area contributed by atoms with E-state index in [4.69, 9.17) is 28.6 Å². The Bertz CT molecular complexity index is 969. The van der Waals surface area contributed by atoms with Gasteiger partial charge in [0.05, 0.1) is 18.1 Å². The first-order valence-corrected chi connectivity index (χ1v) is 10.6. The number of hydrogen-bond acceptors (Lipinski definition) is 6. The van der Waals surface area contributed by atoms with E-state index >= 15 is 0 Å². The Morgan fingerprint density at radius 3 is 2.67 bits per heavy atom. The Kier molecular flexibility index (Phi) is 6.87. The number of thioether (sulfide) groups is 1. The number of thiocarbonyl (C=S) groups is 1. The summed E-state index contributed by atoms with van der Waals surface area (Å²) >= 11 is 12.7. The van der Waals surface area contributed by atoms with Gasteiger partial charge in [0.1, 0.15) is 5.75 Å². The molecule has 7 nitrogen and oxygen atoms in total. The van der Waals surface area contributed by atoms with E-state index < -0.39 is 16.9 Å². The lowest BCUT2D eigenvalue weighted by Gasteiger charge is -2.34. The number of nitrogens with one attached hydrogen (secondary N) is 1. The molecule has 0 saturated carbocycles. The molecule has 2 aromatic rings. The van der Waals surface area contributed by atoms with Crippen LogP contribution < -0.4 is 10.1 Å². The molecular weight excluding hydrogens is 444 g/mol. The first kappa shape index (κ1) is 22.4. The van der Waals surface area contributed by atoms with Gasteiger partial charge in [-0.2, -0.15) is 10.2 Å². The topological polar surface area (TPSA) is 77.4 Å². The Labute approximate surface area is 189 Å². The number of hydrazone groups is 1. The number of methoxy groups -OCH3 is 1. The number of carbonyl (C=O) groups is 1. The molecule has 158 valence electrons. The van der Waals surface area contributed by atoms with Crippen molar-refractivity contribution in [1.29, 1.82) is 0 Å². The monoisotopic (exact) mass is 464 g/mol. The fraction of sp³-hybridized carbons (Fsp3) is 0.250. The quantitative estimate of drug-likeness (QED) is 0.279. The van der Waals surface area contributed by atoms with E-state index in [1.54, 1.807) is 37.6 Å². The SMILES string of the molecule is COc1ccccc1/C=N\N1C(=S)SC(C)(C)[C@H]1N(O)C(=O)Nc1ccc(Cl)cc1. The zero-order valence-electron chi connectivity index (χ0n) is 16.6. The molecule has 2 N–H and O–H groups in total. The van der Waals surface area contributed by atoms with E-state index in [1.165, 1.54) is 16.8 Å². The van der Waals surface area contributed by atoms with Crippen LogP contribution in [0, 0.1) is 0 Å². The molecule has 2 amide bonds. The summed E-state index contributed by atoms with van der Waals surface area (Å²) in [5, 5.41) is 20.4. The van der Waals surface area contributed by atoms with Crippen LogP contribution in [0.1, 0.15) is 19.4 Å². The zero-order chi connectivity index (χ0) is 21.9. The van der Waals surface area contributed by atoms with Crippen molar-refractivity contribution in [1.82, 2.24) is 10.1 Å². The highest BCUT2D eigenvalue weighted by atomic mass is 35.5. The number of halogens is 1. The summed E-state index contributed by atoms with van der Waals surface area (Å²) in [6.45, 7) is 3.76. The molecular formula is C20H21ClN4O3S2.